The summed E-state index contributed by atoms with van der Waals surface area (Å²) >= 11 is 0. The van der Waals surface area contributed by atoms with Crippen molar-refractivity contribution in [2.45, 2.75) is 58.4 Å². The summed E-state index contributed by atoms with van der Waals surface area (Å²) in [5.41, 5.74) is 2.65. The average Bonchev–Trinajstić information content (AvgIpc) is 2.93. The highest BCUT2D eigenvalue weighted by Crippen LogP contribution is 2.28. The van der Waals surface area contributed by atoms with Gasteiger partial charge in [0.2, 0.25) is 0 Å². The van der Waals surface area contributed by atoms with Crippen molar-refractivity contribution >= 4 is 11.6 Å². The van der Waals surface area contributed by atoms with E-state index in [1.165, 1.54) is 25.7 Å². The Hall–Kier alpha value is -1.36. The molecule has 0 aliphatic heterocycles. The minimum absolute atomic E-state index is 0.300. The molecule has 0 amide bonds. The minimum atomic E-state index is 0.300. The summed E-state index contributed by atoms with van der Waals surface area (Å²) in [5.74, 6) is 8.37. The lowest BCUT2D eigenvalue weighted by Crippen LogP contribution is -2.34. The van der Waals surface area contributed by atoms with E-state index in [0.29, 0.717) is 17.8 Å². The van der Waals surface area contributed by atoms with E-state index in [4.69, 9.17) is 10.8 Å². The molecule has 0 spiro atoms. The molecule has 0 unspecified atom stereocenters. The summed E-state index contributed by atoms with van der Waals surface area (Å²) in [6, 6.07) is 2.57. The van der Waals surface area contributed by atoms with E-state index in [1.807, 2.05) is 6.07 Å². The predicted molar refractivity (Wildman–Crippen MR) is 79.2 cm³/mol. The van der Waals surface area contributed by atoms with Crippen LogP contribution in [0.4, 0.5) is 11.6 Å². The van der Waals surface area contributed by atoms with E-state index < -0.39 is 0 Å². The van der Waals surface area contributed by atoms with E-state index in [2.05, 4.69) is 36.1 Å². The van der Waals surface area contributed by atoms with Crippen molar-refractivity contribution in [3.63, 3.8) is 0 Å². The van der Waals surface area contributed by atoms with Gasteiger partial charge < -0.3 is 10.3 Å². The molecule has 1 aromatic rings. The first kappa shape index (κ1) is 14.1. The molecule has 1 aromatic heterocycles. The van der Waals surface area contributed by atoms with Gasteiger partial charge in [-0.3, -0.25) is 0 Å². The highest BCUT2D eigenvalue weighted by atomic mass is 15.3. The molecule has 5 nitrogen and oxygen atoms in total. The van der Waals surface area contributed by atoms with E-state index >= 15 is 0 Å². The molecule has 0 aromatic carbocycles. The Bertz CT molecular complexity index is 412. The van der Waals surface area contributed by atoms with Crippen LogP contribution in [0.3, 0.4) is 0 Å². The van der Waals surface area contributed by atoms with Gasteiger partial charge >= 0.3 is 0 Å². The van der Waals surface area contributed by atoms with Crippen molar-refractivity contribution in [1.82, 2.24) is 9.97 Å². The van der Waals surface area contributed by atoms with Crippen molar-refractivity contribution in [2.24, 2.45) is 5.84 Å². The summed E-state index contributed by atoms with van der Waals surface area (Å²) in [6.07, 6.45) is 5.18. The van der Waals surface area contributed by atoms with Crippen molar-refractivity contribution in [1.29, 1.82) is 0 Å². The van der Waals surface area contributed by atoms with Crippen LogP contribution in [0.1, 0.15) is 58.2 Å². The molecule has 106 valence electrons. The largest absolute Gasteiger partial charge is 0.354 e. The van der Waals surface area contributed by atoms with E-state index in [-0.39, 0.29) is 0 Å². The summed E-state index contributed by atoms with van der Waals surface area (Å²) in [5, 5.41) is 0. The zero-order chi connectivity index (χ0) is 13.8. The number of anilines is 2. The van der Waals surface area contributed by atoms with E-state index in [9.17, 15) is 0 Å². The molecule has 0 saturated heterocycles. The number of hydrogen-bond acceptors (Lipinski definition) is 5. The fourth-order valence-electron chi connectivity index (χ4n) is 2.76. The summed E-state index contributed by atoms with van der Waals surface area (Å²) in [7, 11) is 0. The fourth-order valence-corrected chi connectivity index (χ4v) is 2.76. The van der Waals surface area contributed by atoms with E-state index in [1.54, 1.807) is 0 Å². The third kappa shape index (κ3) is 3.15. The smallest absolute Gasteiger partial charge is 0.145 e. The monoisotopic (exact) mass is 263 g/mol. The van der Waals surface area contributed by atoms with Gasteiger partial charge in [-0.05, 0) is 19.8 Å². The molecule has 19 heavy (non-hydrogen) atoms. The lowest BCUT2D eigenvalue weighted by Gasteiger charge is -2.29. The van der Waals surface area contributed by atoms with Gasteiger partial charge in [0.15, 0.2) is 0 Å². The molecule has 1 aliphatic rings. The highest BCUT2D eigenvalue weighted by molar-refractivity contribution is 5.50. The molecule has 0 atom stereocenters. The maximum Gasteiger partial charge on any atom is 0.145 e. The molecule has 1 saturated carbocycles. The van der Waals surface area contributed by atoms with Gasteiger partial charge in [-0.1, -0.05) is 26.7 Å². The molecule has 1 heterocycles. The second-order valence-corrected chi connectivity index (χ2v) is 5.49. The maximum absolute atomic E-state index is 5.52. The average molecular weight is 263 g/mol. The van der Waals surface area contributed by atoms with Gasteiger partial charge in [-0.25, -0.2) is 15.8 Å². The number of aromatic nitrogens is 2. The van der Waals surface area contributed by atoms with Crippen LogP contribution in [-0.2, 0) is 0 Å². The SMILES string of the molecule is CCN(c1cc(NN)nc(C(C)C)n1)C1CCCC1. The third-order valence-corrected chi connectivity index (χ3v) is 3.79. The lowest BCUT2D eigenvalue weighted by molar-refractivity contribution is 0.608. The van der Waals surface area contributed by atoms with Crippen LogP contribution in [0.15, 0.2) is 6.07 Å². The Morgan fingerprint density at radius 1 is 1.37 bits per heavy atom. The predicted octanol–water partition coefficient (Wildman–Crippen LogP) is 2.65. The minimum Gasteiger partial charge on any atom is -0.354 e. The maximum atomic E-state index is 5.52. The molecule has 2 rings (SSSR count). The Morgan fingerprint density at radius 2 is 2.05 bits per heavy atom. The van der Waals surface area contributed by atoms with Crippen molar-refractivity contribution < 1.29 is 0 Å². The number of nitrogen functional groups attached to an aromatic ring is 1. The number of rotatable bonds is 5. The Kier molecular flexibility index (Phi) is 4.58. The van der Waals surface area contributed by atoms with Crippen LogP contribution < -0.4 is 16.2 Å². The molecule has 1 aliphatic carbocycles. The summed E-state index contributed by atoms with van der Waals surface area (Å²) < 4.78 is 0. The van der Waals surface area contributed by atoms with Crippen LogP contribution in [0, 0.1) is 0 Å². The molecule has 0 radical (unpaired) electrons. The Labute approximate surface area is 115 Å². The number of nitrogens with zero attached hydrogens (tertiary/aromatic N) is 3. The third-order valence-electron chi connectivity index (χ3n) is 3.79. The second-order valence-electron chi connectivity index (χ2n) is 5.49. The first-order valence-electron chi connectivity index (χ1n) is 7.28. The number of nitrogens with one attached hydrogen (secondary N) is 1. The lowest BCUT2D eigenvalue weighted by atomic mass is 10.2. The van der Waals surface area contributed by atoms with Gasteiger partial charge in [0.25, 0.3) is 0 Å². The van der Waals surface area contributed by atoms with E-state index in [0.717, 1.165) is 18.2 Å². The number of hydrogen-bond donors (Lipinski definition) is 2. The first-order valence-corrected chi connectivity index (χ1v) is 7.28. The zero-order valence-electron chi connectivity index (χ0n) is 12.2. The van der Waals surface area contributed by atoms with Crippen LogP contribution in [-0.4, -0.2) is 22.6 Å². The van der Waals surface area contributed by atoms with Crippen molar-refractivity contribution in [2.75, 3.05) is 16.9 Å². The molecular weight excluding hydrogens is 238 g/mol. The second kappa shape index (κ2) is 6.19. The van der Waals surface area contributed by atoms with Crippen LogP contribution in [0.2, 0.25) is 0 Å². The molecular formula is C14H25N5. The van der Waals surface area contributed by atoms with Gasteiger partial charge in [0.1, 0.15) is 17.5 Å². The Balaban J connectivity index is 2.32. The van der Waals surface area contributed by atoms with Crippen LogP contribution in [0.25, 0.3) is 0 Å². The van der Waals surface area contributed by atoms with Crippen molar-refractivity contribution in [3.8, 4) is 0 Å². The van der Waals surface area contributed by atoms with Gasteiger partial charge in [-0.2, -0.15) is 0 Å². The highest BCUT2D eigenvalue weighted by Gasteiger charge is 2.23. The van der Waals surface area contributed by atoms with Gasteiger partial charge in [-0.15, -0.1) is 0 Å². The molecule has 0 bridgehead atoms. The van der Waals surface area contributed by atoms with Crippen molar-refractivity contribution in [3.05, 3.63) is 11.9 Å². The number of nitrogens with two attached hydrogens (primary N) is 1. The summed E-state index contributed by atoms with van der Waals surface area (Å²) in [6.45, 7) is 7.37. The molecule has 1 fully saturated rings. The summed E-state index contributed by atoms with van der Waals surface area (Å²) in [4.78, 5) is 11.5. The Morgan fingerprint density at radius 3 is 2.58 bits per heavy atom. The topological polar surface area (TPSA) is 67.1 Å². The van der Waals surface area contributed by atoms with Gasteiger partial charge in [0.05, 0.1) is 0 Å². The van der Waals surface area contributed by atoms with Crippen LogP contribution >= 0.6 is 0 Å². The standard InChI is InChI=1S/C14H25N5/c1-4-19(11-7-5-6-8-11)13-9-12(18-15)16-14(17-13)10(2)3/h9-11H,4-8,15H2,1-3H3,(H,16,17,18). The zero-order valence-corrected chi connectivity index (χ0v) is 12.2. The normalized spacial score (nSPS) is 16.1. The quantitative estimate of drug-likeness (QED) is 0.631. The van der Waals surface area contributed by atoms with Gasteiger partial charge in [0, 0.05) is 24.6 Å². The molecule has 3 N–H and O–H groups in total. The van der Waals surface area contributed by atoms with Crippen LogP contribution in [0.5, 0.6) is 0 Å². The first-order chi connectivity index (χ1) is 9.15. The fraction of sp³-hybridized carbons (Fsp3) is 0.714. The molecule has 5 heteroatoms. The number of hydrazine groups is 1.